The molecule has 0 radical (unpaired) electrons. The van der Waals surface area contributed by atoms with Crippen LogP contribution in [0, 0.1) is 11.7 Å². The average Bonchev–Trinajstić information content (AvgIpc) is 3.35. The fourth-order valence-corrected chi connectivity index (χ4v) is 4.97. The molecule has 2 heterocycles. The van der Waals surface area contributed by atoms with Gasteiger partial charge in [-0.15, -0.1) is 0 Å². The Morgan fingerprint density at radius 2 is 1.74 bits per heavy atom. The number of aliphatic hydroxyl groups excluding tert-OH is 1. The zero-order valence-electron chi connectivity index (χ0n) is 19.8. The second kappa shape index (κ2) is 9.43. The smallest absolute Gasteiger partial charge is 0.147 e. The van der Waals surface area contributed by atoms with E-state index < -0.39 is 0 Å². The van der Waals surface area contributed by atoms with Crippen molar-refractivity contribution >= 4 is 16.9 Å². The topological polar surface area (TPSA) is 52.7 Å². The number of halogens is 1. The van der Waals surface area contributed by atoms with Gasteiger partial charge in [0.1, 0.15) is 11.6 Å². The Labute approximate surface area is 206 Å². The number of fused-ring (bicyclic) bond motifs is 1. The molecule has 0 amide bonds. The molecule has 5 rings (SSSR count). The number of hydrogen-bond donors (Lipinski definition) is 2. The van der Waals surface area contributed by atoms with E-state index in [2.05, 4.69) is 54.5 Å². The van der Waals surface area contributed by atoms with Crippen molar-refractivity contribution in [2.45, 2.75) is 13.0 Å². The average molecular weight is 468 g/mol. The summed E-state index contributed by atoms with van der Waals surface area (Å²) in [6.45, 7) is 10.5. The van der Waals surface area contributed by atoms with Crippen molar-refractivity contribution in [1.82, 2.24) is 0 Å². The minimum atomic E-state index is -0.292. The van der Waals surface area contributed by atoms with Crippen molar-refractivity contribution in [3.63, 3.8) is 0 Å². The molecule has 178 valence electrons. The molecule has 3 N–H and O–H groups in total. The summed E-state index contributed by atoms with van der Waals surface area (Å²) >= 11 is 0. The molecule has 2 aliphatic heterocycles. The summed E-state index contributed by atoms with van der Waals surface area (Å²) in [5.74, 6) is 0.00303. The first kappa shape index (κ1) is 22.9. The van der Waals surface area contributed by atoms with Gasteiger partial charge in [-0.1, -0.05) is 67.8 Å². The Hall–Kier alpha value is -3.83. The number of allylic oxidation sites excluding steroid dienone is 1. The number of nitrogens with zero attached hydrogens (tertiary/aromatic N) is 2. The number of anilines is 2. The molecule has 35 heavy (non-hydrogen) atoms. The third kappa shape index (κ3) is 4.47. The summed E-state index contributed by atoms with van der Waals surface area (Å²) in [7, 11) is 0. The third-order valence-corrected chi connectivity index (χ3v) is 6.99. The molecule has 1 unspecified atom stereocenters. The van der Waals surface area contributed by atoms with E-state index >= 15 is 4.39 Å². The van der Waals surface area contributed by atoms with Crippen molar-refractivity contribution < 1.29 is 9.50 Å². The van der Waals surface area contributed by atoms with Crippen LogP contribution in [0.2, 0.25) is 0 Å². The van der Waals surface area contributed by atoms with E-state index in [-0.39, 0.29) is 11.6 Å². The molecule has 1 fully saturated rings. The molecule has 5 heteroatoms. The first-order valence-electron chi connectivity index (χ1n) is 11.9. The Morgan fingerprint density at radius 3 is 2.40 bits per heavy atom. The molecule has 3 aromatic carbocycles. The van der Waals surface area contributed by atoms with Gasteiger partial charge in [0.25, 0.3) is 0 Å². The normalized spacial score (nSPS) is 17.4. The molecule has 0 bridgehead atoms. The third-order valence-electron chi connectivity index (χ3n) is 6.99. The SMILES string of the molecule is C=C(O)C1=CN(Cc2ccc(-c3ccccc3)cc2)c2cc(N3CCC(CN)C3)c(F)cc2C1=C. The molecule has 0 spiro atoms. The maximum absolute atomic E-state index is 15.3. The van der Waals surface area contributed by atoms with Crippen LogP contribution in [0.4, 0.5) is 15.8 Å². The standard InChI is InChI=1S/C30H30FN3O/c1-20-26-14-28(31)30(33-13-12-23(16-32)18-33)15-29(26)34(19-27(20)21(2)35)17-22-8-10-25(11-9-22)24-6-4-3-5-7-24/h3-11,14-15,19,23,35H,1-2,12-13,16-18,32H2. The molecule has 0 aliphatic carbocycles. The van der Waals surface area contributed by atoms with Crippen LogP contribution >= 0.6 is 0 Å². The first-order chi connectivity index (χ1) is 16.9. The number of hydrogen-bond acceptors (Lipinski definition) is 4. The quantitative estimate of drug-likeness (QED) is 0.420. The molecule has 3 aromatic rings. The van der Waals surface area contributed by atoms with E-state index in [4.69, 9.17) is 5.73 Å². The summed E-state index contributed by atoms with van der Waals surface area (Å²) in [5, 5.41) is 10.2. The van der Waals surface area contributed by atoms with Gasteiger partial charge in [0.15, 0.2) is 0 Å². The van der Waals surface area contributed by atoms with E-state index in [1.165, 1.54) is 11.6 Å². The highest BCUT2D eigenvalue weighted by Gasteiger charge is 2.28. The minimum absolute atomic E-state index is 0.0834. The van der Waals surface area contributed by atoms with Gasteiger partial charge in [-0.05, 0) is 53.3 Å². The molecule has 2 aliphatic rings. The van der Waals surface area contributed by atoms with Crippen LogP contribution < -0.4 is 15.5 Å². The van der Waals surface area contributed by atoms with Crippen molar-refractivity contribution in [2.75, 3.05) is 29.4 Å². The fraction of sp³-hybridized carbons (Fsp3) is 0.200. The molecule has 0 saturated carbocycles. The summed E-state index contributed by atoms with van der Waals surface area (Å²) in [6, 6.07) is 22.1. The van der Waals surface area contributed by atoms with Crippen LogP contribution in [0.1, 0.15) is 17.5 Å². The lowest BCUT2D eigenvalue weighted by molar-refractivity contribution is 0.429. The van der Waals surface area contributed by atoms with E-state index in [0.29, 0.717) is 41.4 Å². The predicted molar refractivity (Wildman–Crippen MR) is 143 cm³/mol. The fourth-order valence-electron chi connectivity index (χ4n) is 4.97. The van der Waals surface area contributed by atoms with Crippen molar-refractivity contribution in [2.24, 2.45) is 11.7 Å². The van der Waals surface area contributed by atoms with E-state index in [9.17, 15) is 5.11 Å². The molecule has 0 aromatic heterocycles. The van der Waals surface area contributed by atoms with Gasteiger partial charge in [-0.3, -0.25) is 0 Å². The maximum atomic E-state index is 15.3. The van der Waals surface area contributed by atoms with Crippen LogP contribution in [0.25, 0.3) is 16.7 Å². The van der Waals surface area contributed by atoms with Gasteiger partial charge < -0.3 is 20.6 Å². The van der Waals surface area contributed by atoms with Crippen LogP contribution in [-0.4, -0.2) is 24.7 Å². The van der Waals surface area contributed by atoms with Crippen molar-refractivity contribution in [1.29, 1.82) is 0 Å². The summed E-state index contributed by atoms with van der Waals surface area (Å²) in [4.78, 5) is 4.12. The van der Waals surface area contributed by atoms with E-state index in [1.54, 1.807) is 0 Å². The minimum Gasteiger partial charge on any atom is -0.508 e. The van der Waals surface area contributed by atoms with Crippen LogP contribution in [0.15, 0.2) is 97.4 Å². The molecular weight excluding hydrogens is 437 g/mol. The summed E-state index contributed by atoms with van der Waals surface area (Å²) in [6.07, 6.45) is 2.82. The lowest BCUT2D eigenvalue weighted by Crippen LogP contribution is -2.26. The lowest BCUT2D eigenvalue weighted by atomic mass is 9.92. The zero-order chi connectivity index (χ0) is 24.5. The second-order valence-corrected chi connectivity index (χ2v) is 9.32. The summed E-state index contributed by atoms with van der Waals surface area (Å²) < 4.78 is 15.3. The highest BCUT2D eigenvalue weighted by Crippen LogP contribution is 2.42. The van der Waals surface area contributed by atoms with Gasteiger partial charge in [-0.2, -0.15) is 0 Å². The Bertz CT molecular complexity index is 1300. The largest absolute Gasteiger partial charge is 0.508 e. The number of aliphatic hydroxyl groups is 1. The van der Waals surface area contributed by atoms with E-state index in [1.807, 2.05) is 35.4 Å². The highest BCUT2D eigenvalue weighted by molar-refractivity contribution is 5.92. The second-order valence-electron chi connectivity index (χ2n) is 9.32. The zero-order valence-corrected chi connectivity index (χ0v) is 19.8. The van der Waals surface area contributed by atoms with Crippen molar-refractivity contribution in [3.05, 3.63) is 114 Å². The predicted octanol–water partition coefficient (Wildman–Crippen LogP) is 6.27. The van der Waals surface area contributed by atoms with Gasteiger partial charge >= 0.3 is 0 Å². The Morgan fingerprint density at radius 1 is 1.03 bits per heavy atom. The van der Waals surface area contributed by atoms with Gasteiger partial charge in [-0.25, -0.2) is 4.39 Å². The summed E-state index contributed by atoms with van der Waals surface area (Å²) in [5.41, 5.74) is 12.4. The number of benzene rings is 3. The Kier molecular flexibility index (Phi) is 6.18. The first-order valence-corrected chi connectivity index (χ1v) is 11.9. The van der Waals surface area contributed by atoms with Crippen molar-refractivity contribution in [3.8, 4) is 11.1 Å². The van der Waals surface area contributed by atoms with Gasteiger partial charge in [0.05, 0.1) is 11.4 Å². The molecule has 1 atom stereocenters. The molecule has 4 nitrogen and oxygen atoms in total. The monoisotopic (exact) mass is 467 g/mol. The molecule has 1 saturated heterocycles. The molecular formula is C30H30FN3O. The maximum Gasteiger partial charge on any atom is 0.147 e. The Balaban J connectivity index is 1.49. The number of rotatable bonds is 6. The van der Waals surface area contributed by atoms with Gasteiger partial charge in [0.2, 0.25) is 0 Å². The van der Waals surface area contributed by atoms with Crippen LogP contribution in [-0.2, 0) is 6.54 Å². The highest BCUT2D eigenvalue weighted by atomic mass is 19.1. The van der Waals surface area contributed by atoms with Gasteiger partial charge in [0, 0.05) is 37.0 Å². The van der Waals surface area contributed by atoms with Crippen LogP contribution in [0.3, 0.4) is 0 Å². The lowest BCUT2D eigenvalue weighted by Gasteiger charge is -2.32. The van der Waals surface area contributed by atoms with Crippen LogP contribution in [0.5, 0.6) is 0 Å². The van der Waals surface area contributed by atoms with E-state index in [0.717, 1.165) is 36.3 Å². The number of nitrogens with two attached hydrogens (primary N) is 1.